The molecule has 2 N–H and O–H groups in total. The summed E-state index contributed by atoms with van der Waals surface area (Å²) in [6.45, 7) is 3.81. The van der Waals surface area contributed by atoms with Crippen LogP contribution in [-0.4, -0.2) is 36.7 Å². The number of hydrogen-bond acceptors (Lipinski definition) is 3. The third kappa shape index (κ3) is 3.95. The van der Waals surface area contributed by atoms with Crippen molar-refractivity contribution in [3.8, 4) is 0 Å². The summed E-state index contributed by atoms with van der Waals surface area (Å²) >= 11 is 0. The summed E-state index contributed by atoms with van der Waals surface area (Å²) in [5.41, 5.74) is 2.22. The molecule has 0 radical (unpaired) electrons. The van der Waals surface area contributed by atoms with E-state index in [0.717, 1.165) is 0 Å². The highest BCUT2D eigenvalue weighted by Gasteiger charge is 2.26. The molecule has 0 aliphatic rings. The number of hydrazine groups is 1. The Balaban J connectivity index is 3.83. The van der Waals surface area contributed by atoms with E-state index >= 15 is 0 Å². The van der Waals surface area contributed by atoms with Crippen LogP contribution in [0.5, 0.6) is 0 Å². The van der Waals surface area contributed by atoms with Gasteiger partial charge in [-0.25, -0.2) is 0 Å². The van der Waals surface area contributed by atoms with E-state index in [2.05, 4.69) is 5.43 Å². The lowest BCUT2D eigenvalue weighted by molar-refractivity contribution is -0.147. The number of hydrogen-bond donors (Lipinski definition) is 2. The highest BCUT2D eigenvalue weighted by Crippen LogP contribution is 2.12. The van der Waals surface area contributed by atoms with Crippen molar-refractivity contribution < 1.29 is 9.90 Å². The fraction of sp³-hybridized carbons (Fsp3) is 0.857. The van der Waals surface area contributed by atoms with Gasteiger partial charge >= 0.3 is 5.97 Å². The molecule has 0 heterocycles. The van der Waals surface area contributed by atoms with Crippen LogP contribution in [0.15, 0.2) is 0 Å². The first-order valence-electron chi connectivity index (χ1n) is 3.50. The predicted octanol–water partition coefficient (Wildman–Crippen LogP) is 0.163. The van der Waals surface area contributed by atoms with Gasteiger partial charge in [0.15, 0.2) is 0 Å². The zero-order valence-electron chi connectivity index (χ0n) is 7.51. The van der Waals surface area contributed by atoms with E-state index in [9.17, 15) is 4.79 Å². The maximum absolute atomic E-state index is 10.6. The van der Waals surface area contributed by atoms with E-state index in [4.69, 9.17) is 5.11 Å². The molecule has 0 saturated carbocycles. The molecule has 11 heavy (non-hydrogen) atoms. The number of carboxylic acid groups (broad SMARTS) is 1. The van der Waals surface area contributed by atoms with Crippen LogP contribution in [0.2, 0.25) is 0 Å². The normalized spacial score (nSPS) is 12.1. The molecule has 0 atom stereocenters. The number of aliphatic carboxylic acids is 1. The molecule has 0 rings (SSSR count). The average Bonchev–Trinajstić information content (AvgIpc) is 1.84. The second-order valence-electron chi connectivity index (χ2n) is 3.42. The van der Waals surface area contributed by atoms with Crippen molar-refractivity contribution >= 4 is 5.97 Å². The van der Waals surface area contributed by atoms with Gasteiger partial charge in [0, 0.05) is 20.6 Å². The van der Waals surface area contributed by atoms with Gasteiger partial charge in [0.25, 0.3) is 0 Å². The topological polar surface area (TPSA) is 52.6 Å². The molecule has 0 aliphatic carbocycles. The third-order valence-electron chi connectivity index (χ3n) is 1.42. The fourth-order valence-corrected chi connectivity index (χ4v) is 0.431. The Labute approximate surface area is 67.2 Å². The Kier molecular flexibility index (Phi) is 3.48. The van der Waals surface area contributed by atoms with Gasteiger partial charge in [0.1, 0.15) is 0 Å². The number of rotatable bonds is 4. The molecule has 0 aromatic carbocycles. The van der Waals surface area contributed by atoms with Gasteiger partial charge in [-0.2, -0.15) is 0 Å². The Morgan fingerprint density at radius 1 is 1.55 bits per heavy atom. The Morgan fingerprint density at radius 2 is 2.00 bits per heavy atom. The largest absolute Gasteiger partial charge is 0.481 e. The molecule has 0 amide bonds. The summed E-state index contributed by atoms with van der Waals surface area (Å²) in [7, 11) is 3.66. The standard InChI is InChI=1S/C7H16N2O2/c1-7(2,6(10)11)5-8-9(3)4/h8H,5H2,1-4H3,(H,10,11). The lowest BCUT2D eigenvalue weighted by Gasteiger charge is -2.22. The van der Waals surface area contributed by atoms with Gasteiger partial charge in [0.05, 0.1) is 5.41 Å². The van der Waals surface area contributed by atoms with Crippen LogP contribution in [0.3, 0.4) is 0 Å². The molecule has 4 heteroatoms. The summed E-state index contributed by atoms with van der Waals surface area (Å²) in [4.78, 5) is 10.6. The predicted molar refractivity (Wildman–Crippen MR) is 43.1 cm³/mol. The second kappa shape index (κ2) is 3.69. The summed E-state index contributed by atoms with van der Waals surface area (Å²) in [5.74, 6) is -0.785. The summed E-state index contributed by atoms with van der Waals surface area (Å²) in [6.07, 6.45) is 0. The lowest BCUT2D eigenvalue weighted by atomic mass is 9.94. The van der Waals surface area contributed by atoms with Crippen LogP contribution < -0.4 is 5.43 Å². The van der Waals surface area contributed by atoms with Crippen LogP contribution in [0, 0.1) is 5.41 Å². The fourth-order valence-electron chi connectivity index (χ4n) is 0.431. The van der Waals surface area contributed by atoms with E-state index in [1.165, 1.54) is 0 Å². The number of nitrogens with zero attached hydrogens (tertiary/aromatic N) is 1. The van der Waals surface area contributed by atoms with Crippen molar-refractivity contribution in [3.05, 3.63) is 0 Å². The second-order valence-corrected chi connectivity index (χ2v) is 3.42. The number of carboxylic acids is 1. The first kappa shape index (κ1) is 10.4. The maximum atomic E-state index is 10.6. The Bertz CT molecular complexity index is 143. The van der Waals surface area contributed by atoms with Crippen LogP contribution in [0.4, 0.5) is 0 Å². The van der Waals surface area contributed by atoms with Crippen LogP contribution in [0.1, 0.15) is 13.8 Å². The van der Waals surface area contributed by atoms with E-state index in [-0.39, 0.29) is 0 Å². The van der Waals surface area contributed by atoms with Crippen LogP contribution >= 0.6 is 0 Å². The smallest absolute Gasteiger partial charge is 0.310 e. The first-order valence-corrected chi connectivity index (χ1v) is 3.50. The Morgan fingerprint density at radius 3 is 2.27 bits per heavy atom. The lowest BCUT2D eigenvalue weighted by Crippen LogP contribution is -2.41. The zero-order valence-corrected chi connectivity index (χ0v) is 7.51. The van der Waals surface area contributed by atoms with Gasteiger partial charge in [-0.1, -0.05) is 0 Å². The van der Waals surface area contributed by atoms with Gasteiger partial charge in [-0.3, -0.25) is 15.2 Å². The molecular weight excluding hydrogens is 144 g/mol. The SMILES string of the molecule is CN(C)NCC(C)(C)C(=O)O. The molecule has 0 saturated heterocycles. The first-order chi connectivity index (χ1) is 4.86. The maximum Gasteiger partial charge on any atom is 0.310 e. The van der Waals surface area contributed by atoms with E-state index < -0.39 is 11.4 Å². The van der Waals surface area contributed by atoms with E-state index in [0.29, 0.717) is 6.54 Å². The summed E-state index contributed by atoms with van der Waals surface area (Å²) in [5, 5.41) is 10.4. The van der Waals surface area contributed by atoms with E-state index in [1.807, 2.05) is 14.1 Å². The van der Waals surface area contributed by atoms with Crippen molar-refractivity contribution in [3.63, 3.8) is 0 Å². The van der Waals surface area contributed by atoms with Crippen molar-refractivity contribution in [1.82, 2.24) is 10.4 Å². The minimum Gasteiger partial charge on any atom is -0.481 e. The van der Waals surface area contributed by atoms with Gasteiger partial charge < -0.3 is 5.11 Å². The number of carbonyl (C=O) groups is 1. The van der Waals surface area contributed by atoms with Crippen molar-refractivity contribution in [2.75, 3.05) is 20.6 Å². The molecule has 0 fully saturated rings. The minimum absolute atomic E-state index is 0.440. The van der Waals surface area contributed by atoms with Crippen molar-refractivity contribution in [1.29, 1.82) is 0 Å². The minimum atomic E-state index is -0.785. The highest BCUT2D eigenvalue weighted by atomic mass is 16.4. The zero-order chi connectivity index (χ0) is 9.07. The molecule has 0 unspecified atom stereocenters. The average molecular weight is 160 g/mol. The molecule has 0 aromatic heterocycles. The van der Waals surface area contributed by atoms with Crippen LogP contribution in [-0.2, 0) is 4.79 Å². The molecule has 0 bridgehead atoms. The van der Waals surface area contributed by atoms with Gasteiger partial charge in [0.2, 0.25) is 0 Å². The van der Waals surface area contributed by atoms with Crippen LogP contribution in [0.25, 0.3) is 0 Å². The van der Waals surface area contributed by atoms with Crippen molar-refractivity contribution in [2.24, 2.45) is 5.41 Å². The molecule has 4 nitrogen and oxygen atoms in total. The van der Waals surface area contributed by atoms with Crippen molar-refractivity contribution in [2.45, 2.75) is 13.8 Å². The number of nitrogens with one attached hydrogen (secondary N) is 1. The summed E-state index contributed by atoms with van der Waals surface area (Å²) in [6, 6.07) is 0. The monoisotopic (exact) mass is 160 g/mol. The molecule has 66 valence electrons. The Hall–Kier alpha value is -0.610. The van der Waals surface area contributed by atoms with E-state index in [1.54, 1.807) is 18.9 Å². The molecule has 0 spiro atoms. The highest BCUT2D eigenvalue weighted by molar-refractivity contribution is 5.73. The molecule has 0 aliphatic heterocycles. The molecule has 0 aromatic rings. The molecular formula is C7H16N2O2. The van der Waals surface area contributed by atoms with Gasteiger partial charge in [-0.05, 0) is 13.8 Å². The third-order valence-corrected chi connectivity index (χ3v) is 1.42. The quantitative estimate of drug-likeness (QED) is 0.575. The summed E-state index contributed by atoms with van der Waals surface area (Å²) < 4.78 is 0. The van der Waals surface area contributed by atoms with Gasteiger partial charge in [-0.15, -0.1) is 0 Å².